The minimum absolute atomic E-state index is 0.0825. The van der Waals surface area contributed by atoms with E-state index in [1.54, 1.807) is 0 Å². The minimum atomic E-state index is -0.276. The fourth-order valence-corrected chi connectivity index (χ4v) is 2.80. The SMILES string of the molecule is CC(C)NNC(=O)CCOCCOCCNC(=O)CCN1C(=O)CC(C(C)C)C1=O. The molecule has 4 amide bonds. The Bertz CT molecular complexity index is 582. The molecule has 172 valence electrons. The smallest absolute Gasteiger partial charge is 0.236 e. The fraction of sp³-hybridized carbons (Fsp3) is 0.800. The quantitative estimate of drug-likeness (QED) is 0.190. The van der Waals surface area contributed by atoms with Crippen LogP contribution in [-0.2, 0) is 28.7 Å². The highest BCUT2D eigenvalue weighted by molar-refractivity contribution is 6.03. The summed E-state index contributed by atoms with van der Waals surface area (Å²) in [6, 6.07) is 0.172. The minimum Gasteiger partial charge on any atom is -0.379 e. The van der Waals surface area contributed by atoms with Gasteiger partial charge in [-0.1, -0.05) is 13.8 Å². The van der Waals surface area contributed by atoms with Gasteiger partial charge in [-0.05, 0) is 19.8 Å². The second-order valence-corrected chi connectivity index (χ2v) is 7.86. The molecule has 1 fully saturated rings. The monoisotopic (exact) mass is 428 g/mol. The molecule has 0 saturated carbocycles. The Morgan fingerprint density at radius 2 is 1.67 bits per heavy atom. The molecule has 1 aliphatic heterocycles. The van der Waals surface area contributed by atoms with Crippen molar-refractivity contribution < 1.29 is 28.7 Å². The van der Waals surface area contributed by atoms with E-state index in [9.17, 15) is 19.2 Å². The van der Waals surface area contributed by atoms with Gasteiger partial charge in [-0.25, -0.2) is 5.43 Å². The standard InChI is InChI=1S/C20H36N4O6/c1-14(2)16-13-19(27)24(20(16)28)8-5-17(25)21-7-10-30-12-11-29-9-6-18(26)23-22-15(3)4/h14-16,22H,5-13H2,1-4H3,(H,21,25)(H,23,26). The molecule has 0 aliphatic carbocycles. The van der Waals surface area contributed by atoms with E-state index in [4.69, 9.17) is 9.47 Å². The highest BCUT2D eigenvalue weighted by Gasteiger charge is 2.39. The molecule has 1 aliphatic rings. The van der Waals surface area contributed by atoms with E-state index in [1.807, 2.05) is 27.7 Å². The number of hydrogen-bond acceptors (Lipinski definition) is 7. The van der Waals surface area contributed by atoms with Crippen LogP contribution in [0.2, 0.25) is 0 Å². The maximum absolute atomic E-state index is 12.2. The average molecular weight is 429 g/mol. The number of nitrogens with zero attached hydrogens (tertiary/aromatic N) is 1. The van der Waals surface area contributed by atoms with Gasteiger partial charge in [0.1, 0.15) is 0 Å². The molecule has 10 heteroatoms. The van der Waals surface area contributed by atoms with Gasteiger partial charge < -0.3 is 14.8 Å². The third kappa shape index (κ3) is 10.1. The predicted octanol–water partition coefficient (Wildman–Crippen LogP) is -0.0237. The topological polar surface area (TPSA) is 126 Å². The van der Waals surface area contributed by atoms with Crippen LogP contribution in [0.25, 0.3) is 0 Å². The van der Waals surface area contributed by atoms with E-state index in [0.29, 0.717) is 33.0 Å². The molecule has 10 nitrogen and oxygen atoms in total. The van der Waals surface area contributed by atoms with Crippen molar-refractivity contribution in [2.45, 2.75) is 53.0 Å². The van der Waals surface area contributed by atoms with E-state index >= 15 is 0 Å². The molecule has 1 heterocycles. The first-order chi connectivity index (χ1) is 14.2. The van der Waals surface area contributed by atoms with Gasteiger partial charge in [-0.2, -0.15) is 0 Å². The molecule has 1 saturated heterocycles. The number of hydrogen-bond donors (Lipinski definition) is 3. The molecule has 0 aromatic rings. The first-order valence-electron chi connectivity index (χ1n) is 10.5. The molecule has 0 aromatic heterocycles. The van der Waals surface area contributed by atoms with Crippen LogP contribution in [0.1, 0.15) is 47.0 Å². The van der Waals surface area contributed by atoms with Gasteiger partial charge in [0.2, 0.25) is 23.6 Å². The number of nitrogens with one attached hydrogen (secondary N) is 3. The Morgan fingerprint density at radius 1 is 1.00 bits per heavy atom. The van der Waals surface area contributed by atoms with Crippen LogP contribution in [0.4, 0.5) is 0 Å². The molecule has 0 radical (unpaired) electrons. The molecular formula is C20H36N4O6. The number of ether oxygens (including phenoxy) is 2. The summed E-state index contributed by atoms with van der Waals surface area (Å²) < 4.78 is 10.7. The number of carbonyl (C=O) groups excluding carboxylic acids is 4. The van der Waals surface area contributed by atoms with Crippen LogP contribution < -0.4 is 16.2 Å². The Balaban J connectivity index is 1.99. The Kier molecular flexibility index (Phi) is 12.2. The normalized spacial score (nSPS) is 16.6. The summed E-state index contributed by atoms with van der Waals surface area (Å²) in [6.07, 6.45) is 0.572. The van der Waals surface area contributed by atoms with Crippen LogP contribution in [0.15, 0.2) is 0 Å². The number of hydrazine groups is 1. The highest BCUT2D eigenvalue weighted by atomic mass is 16.5. The van der Waals surface area contributed by atoms with Gasteiger partial charge in [-0.3, -0.25) is 29.5 Å². The summed E-state index contributed by atoms with van der Waals surface area (Å²) in [6.45, 7) is 9.47. The lowest BCUT2D eigenvalue weighted by atomic mass is 9.94. The van der Waals surface area contributed by atoms with E-state index in [2.05, 4.69) is 16.2 Å². The summed E-state index contributed by atoms with van der Waals surface area (Å²) >= 11 is 0. The zero-order valence-corrected chi connectivity index (χ0v) is 18.5. The summed E-state index contributed by atoms with van der Waals surface area (Å²) in [5.74, 6) is -0.917. The largest absolute Gasteiger partial charge is 0.379 e. The maximum atomic E-state index is 12.2. The molecule has 1 atom stereocenters. The van der Waals surface area contributed by atoms with Gasteiger partial charge in [0.05, 0.1) is 32.8 Å². The number of amides is 4. The molecule has 30 heavy (non-hydrogen) atoms. The average Bonchev–Trinajstić information content (AvgIpc) is 2.97. The Labute approximate surface area is 178 Å². The predicted molar refractivity (Wildman–Crippen MR) is 110 cm³/mol. The molecule has 1 rings (SSSR count). The lowest BCUT2D eigenvalue weighted by Crippen LogP contribution is -2.41. The Hall–Kier alpha value is -2.04. The van der Waals surface area contributed by atoms with Crippen LogP contribution in [0, 0.1) is 11.8 Å². The van der Waals surface area contributed by atoms with Crippen LogP contribution in [0.5, 0.6) is 0 Å². The molecule has 1 unspecified atom stereocenters. The van der Waals surface area contributed by atoms with Crippen LogP contribution in [0.3, 0.4) is 0 Å². The van der Waals surface area contributed by atoms with Crippen molar-refractivity contribution in [1.29, 1.82) is 0 Å². The second-order valence-electron chi connectivity index (χ2n) is 7.86. The molecule has 0 aromatic carbocycles. The zero-order valence-electron chi connectivity index (χ0n) is 18.5. The Morgan fingerprint density at radius 3 is 2.27 bits per heavy atom. The molecular weight excluding hydrogens is 392 g/mol. The van der Waals surface area contributed by atoms with Crippen molar-refractivity contribution in [1.82, 2.24) is 21.1 Å². The van der Waals surface area contributed by atoms with E-state index in [1.165, 1.54) is 4.90 Å². The molecule has 0 spiro atoms. The van der Waals surface area contributed by atoms with Crippen molar-refractivity contribution in [2.75, 3.05) is 39.5 Å². The number of imide groups is 1. The van der Waals surface area contributed by atoms with Gasteiger partial charge >= 0.3 is 0 Å². The van der Waals surface area contributed by atoms with Gasteiger partial charge in [0.15, 0.2) is 0 Å². The van der Waals surface area contributed by atoms with E-state index in [-0.39, 0.29) is 67.3 Å². The third-order valence-corrected chi connectivity index (χ3v) is 4.56. The summed E-state index contributed by atoms with van der Waals surface area (Å²) in [4.78, 5) is 48.6. The molecule has 0 bridgehead atoms. The second kappa shape index (κ2) is 14.1. The van der Waals surface area contributed by atoms with Crippen LogP contribution in [-0.4, -0.2) is 74.1 Å². The molecule has 3 N–H and O–H groups in total. The summed E-state index contributed by atoms with van der Waals surface area (Å²) in [7, 11) is 0. The maximum Gasteiger partial charge on any atom is 0.236 e. The lowest BCUT2D eigenvalue weighted by molar-refractivity contribution is -0.140. The van der Waals surface area contributed by atoms with Crippen molar-refractivity contribution in [3.63, 3.8) is 0 Å². The van der Waals surface area contributed by atoms with Crippen molar-refractivity contribution in [3.8, 4) is 0 Å². The highest BCUT2D eigenvalue weighted by Crippen LogP contribution is 2.26. The van der Waals surface area contributed by atoms with Crippen LogP contribution >= 0.6 is 0 Å². The zero-order chi connectivity index (χ0) is 22.5. The van der Waals surface area contributed by atoms with E-state index in [0.717, 1.165) is 0 Å². The number of rotatable bonds is 15. The van der Waals surface area contributed by atoms with Gasteiger partial charge in [0.25, 0.3) is 0 Å². The van der Waals surface area contributed by atoms with Crippen molar-refractivity contribution >= 4 is 23.6 Å². The lowest BCUT2D eigenvalue weighted by Gasteiger charge is -2.16. The number of likely N-dealkylation sites (tertiary alicyclic amines) is 1. The van der Waals surface area contributed by atoms with E-state index < -0.39 is 0 Å². The fourth-order valence-electron chi connectivity index (χ4n) is 2.80. The summed E-state index contributed by atoms with van der Waals surface area (Å²) in [5, 5.41) is 2.70. The van der Waals surface area contributed by atoms with Crippen molar-refractivity contribution in [2.24, 2.45) is 11.8 Å². The van der Waals surface area contributed by atoms with Gasteiger partial charge in [-0.15, -0.1) is 0 Å². The first kappa shape index (κ1) is 26.0. The first-order valence-corrected chi connectivity index (χ1v) is 10.5. The summed E-state index contributed by atoms with van der Waals surface area (Å²) in [5.41, 5.74) is 5.39. The van der Waals surface area contributed by atoms with Gasteiger partial charge in [0, 0.05) is 37.9 Å². The third-order valence-electron chi connectivity index (χ3n) is 4.56. The van der Waals surface area contributed by atoms with Crippen molar-refractivity contribution in [3.05, 3.63) is 0 Å². The number of carbonyl (C=O) groups is 4.